The van der Waals surface area contributed by atoms with Gasteiger partial charge in [0.2, 0.25) is 5.78 Å². The fraction of sp³-hybridized carbons (Fsp3) is 0.0714. The van der Waals surface area contributed by atoms with Gasteiger partial charge in [-0.15, -0.1) is 11.3 Å². The molecule has 3 aromatic rings. The molecule has 90 valence electrons. The van der Waals surface area contributed by atoms with Gasteiger partial charge in [-0.25, -0.2) is 4.39 Å². The number of carbonyl (C=O) groups is 1. The maximum atomic E-state index is 13.0. The first kappa shape index (κ1) is 11.2. The molecule has 0 saturated carbocycles. The van der Waals surface area contributed by atoms with E-state index in [1.54, 1.807) is 12.1 Å². The van der Waals surface area contributed by atoms with Gasteiger partial charge in [0.1, 0.15) is 11.4 Å². The Morgan fingerprint density at radius 3 is 2.78 bits per heavy atom. The van der Waals surface area contributed by atoms with Crippen LogP contribution in [-0.4, -0.2) is 5.78 Å². The van der Waals surface area contributed by atoms with Gasteiger partial charge >= 0.3 is 0 Å². The summed E-state index contributed by atoms with van der Waals surface area (Å²) in [6.45, 7) is 1.94. The summed E-state index contributed by atoms with van der Waals surface area (Å²) in [6.07, 6.45) is 0. The lowest BCUT2D eigenvalue weighted by atomic mass is 10.2. The minimum atomic E-state index is -0.339. The zero-order chi connectivity index (χ0) is 12.7. The molecular weight excluding hydrogens is 251 g/mol. The van der Waals surface area contributed by atoms with Crippen LogP contribution in [0.25, 0.3) is 11.0 Å². The number of benzene rings is 1. The predicted molar refractivity (Wildman–Crippen MR) is 68.7 cm³/mol. The fourth-order valence-electron chi connectivity index (χ4n) is 1.80. The summed E-state index contributed by atoms with van der Waals surface area (Å²) in [5, 5.41) is 0.603. The minimum Gasteiger partial charge on any atom is -0.453 e. The molecule has 0 amide bonds. The number of fused-ring (bicyclic) bond motifs is 1. The van der Waals surface area contributed by atoms with Crippen LogP contribution in [0.15, 0.2) is 40.8 Å². The zero-order valence-electron chi connectivity index (χ0n) is 9.57. The van der Waals surface area contributed by atoms with Crippen molar-refractivity contribution in [1.29, 1.82) is 0 Å². The maximum absolute atomic E-state index is 13.0. The SMILES string of the molecule is Cc1ccc(C(=O)c2cc3cc(F)ccc3o2)s1. The molecule has 0 bridgehead atoms. The average Bonchev–Trinajstić information content (AvgIpc) is 2.93. The van der Waals surface area contributed by atoms with Gasteiger partial charge in [-0.05, 0) is 43.3 Å². The molecule has 0 aliphatic rings. The second kappa shape index (κ2) is 4.07. The van der Waals surface area contributed by atoms with Gasteiger partial charge in [-0.2, -0.15) is 0 Å². The van der Waals surface area contributed by atoms with Gasteiger partial charge in [0.15, 0.2) is 5.76 Å². The van der Waals surface area contributed by atoms with E-state index >= 15 is 0 Å². The number of aryl methyl sites for hydroxylation is 1. The largest absolute Gasteiger partial charge is 0.453 e. The van der Waals surface area contributed by atoms with Crippen LogP contribution in [0.1, 0.15) is 20.3 Å². The van der Waals surface area contributed by atoms with Crippen molar-refractivity contribution in [3.8, 4) is 0 Å². The Balaban J connectivity index is 2.06. The lowest BCUT2D eigenvalue weighted by Crippen LogP contribution is -1.95. The van der Waals surface area contributed by atoms with Crippen molar-refractivity contribution in [1.82, 2.24) is 0 Å². The third-order valence-corrected chi connectivity index (χ3v) is 3.67. The number of furan rings is 1. The molecule has 0 saturated heterocycles. The number of hydrogen-bond donors (Lipinski definition) is 0. The minimum absolute atomic E-state index is 0.162. The molecule has 1 aromatic carbocycles. The van der Waals surface area contributed by atoms with Crippen LogP contribution >= 0.6 is 11.3 Å². The summed E-state index contributed by atoms with van der Waals surface area (Å²) in [6, 6.07) is 9.44. The Kier molecular flexibility index (Phi) is 2.52. The topological polar surface area (TPSA) is 30.2 Å². The van der Waals surface area contributed by atoms with Crippen molar-refractivity contribution in [2.75, 3.05) is 0 Å². The van der Waals surface area contributed by atoms with E-state index < -0.39 is 0 Å². The number of thiophene rings is 1. The molecule has 0 spiro atoms. The molecule has 0 unspecified atom stereocenters. The van der Waals surface area contributed by atoms with E-state index in [4.69, 9.17) is 4.42 Å². The van der Waals surface area contributed by atoms with Crippen LogP contribution in [0, 0.1) is 12.7 Å². The van der Waals surface area contributed by atoms with E-state index in [-0.39, 0.29) is 17.4 Å². The van der Waals surface area contributed by atoms with Gasteiger partial charge in [-0.1, -0.05) is 0 Å². The van der Waals surface area contributed by atoms with Gasteiger partial charge in [0.25, 0.3) is 0 Å². The molecule has 2 aromatic heterocycles. The molecule has 0 atom stereocenters. The smallest absolute Gasteiger partial charge is 0.238 e. The van der Waals surface area contributed by atoms with Crippen LogP contribution in [0.3, 0.4) is 0 Å². The molecular formula is C14H9FO2S. The number of rotatable bonds is 2. The highest BCUT2D eigenvalue weighted by atomic mass is 32.1. The molecule has 2 nitrogen and oxygen atoms in total. The first-order valence-electron chi connectivity index (χ1n) is 5.44. The highest BCUT2D eigenvalue weighted by molar-refractivity contribution is 7.14. The lowest BCUT2D eigenvalue weighted by Gasteiger charge is -1.90. The van der Waals surface area contributed by atoms with Gasteiger partial charge in [-0.3, -0.25) is 4.79 Å². The van der Waals surface area contributed by atoms with E-state index in [0.717, 1.165) is 4.88 Å². The van der Waals surface area contributed by atoms with Crippen molar-refractivity contribution < 1.29 is 13.6 Å². The summed E-state index contributed by atoms with van der Waals surface area (Å²) in [5.74, 6) is -0.253. The number of halogens is 1. The lowest BCUT2D eigenvalue weighted by molar-refractivity contribution is 0.101. The van der Waals surface area contributed by atoms with Crippen molar-refractivity contribution in [2.24, 2.45) is 0 Å². The van der Waals surface area contributed by atoms with E-state index in [9.17, 15) is 9.18 Å². The van der Waals surface area contributed by atoms with E-state index in [1.165, 1.54) is 29.5 Å². The molecule has 0 aliphatic heterocycles. The number of ketones is 1. The molecule has 2 heterocycles. The molecule has 3 rings (SSSR count). The average molecular weight is 260 g/mol. The van der Waals surface area contributed by atoms with Gasteiger partial charge in [0.05, 0.1) is 4.88 Å². The van der Waals surface area contributed by atoms with Crippen molar-refractivity contribution >= 4 is 28.1 Å². The highest BCUT2D eigenvalue weighted by Gasteiger charge is 2.16. The van der Waals surface area contributed by atoms with Crippen LogP contribution in [0.2, 0.25) is 0 Å². The first-order chi connectivity index (χ1) is 8.63. The number of carbonyl (C=O) groups excluding carboxylic acids is 1. The summed E-state index contributed by atoms with van der Waals surface area (Å²) in [5.41, 5.74) is 0.521. The van der Waals surface area contributed by atoms with Gasteiger partial charge < -0.3 is 4.42 Å². The Morgan fingerprint density at radius 1 is 1.22 bits per heavy atom. The van der Waals surface area contributed by atoms with Crippen molar-refractivity contribution in [3.05, 3.63) is 57.7 Å². The molecule has 0 radical (unpaired) electrons. The Bertz CT molecular complexity index is 739. The second-order valence-electron chi connectivity index (χ2n) is 4.03. The highest BCUT2D eigenvalue weighted by Crippen LogP contribution is 2.25. The molecule has 0 aliphatic carbocycles. The third kappa shape index (κ3) is 1.84. The molecule has 18 heavy (non-hydrogen) atoms. The summed E-state index contributed by atoms with van der Waals surface area (Å²) < 4.78 is 18.5. The van der Waals surface area contributed by atoms with E-state index in [2.05, 4.69) is 0 Å². The van der Waals surface area contributed by atoms with E-state index in [0.29, 0.717) is 15.8 Å². The molecule has 0 N–H and O–H groups in total. The van der Waals surface area contributed by atoms with Crippen molar-refractivity contribution in [3.63, 3.8) is 0 Å². The normalized spacial score (nSPS) is 11.0. The van der Waals surface area contributed by atoms with Crippen LogP contribution in [0.4, 0.5) is 4.39 Å². The van der Waals surface area contributed by atoms with Crippen LogP contribution in [-0.2, 0) is 0 Å². The third-order valence-electron chi connectivity index (χ3n) is 2.67. The Morgan fingerprint density at radius 2 is 2.06 bits per heavy atom. The summed E-state index contributed by atoms with van der Waals surface area (Å²) in [7, 11) is 0. The van der Waals surface area contributed by atoms with Gasteiger partial charge in [0, 0.05) is 10.3 Å². The summed E-state index contributed by atoms with van der Waals surface area (Å²) >= 11 is 1.42. The molecule has 4 heteroatoms. The van der Waals surface area contributed by atoms with Crippen LogP contribution in [0.5, 0.6) is 0 Å². The van der Waals surface area contributed by atoms with Crippen molar-refractivity contribution in [2.45, 2.75) is 6.92 Å². The standard InChI is InChI=1S/C14H9FO2S/c1-8-2-5-13(18-8)14(16)12-7-9-6-10(15)3-4-11(9)17-12/h2-7H,1H3. The predicted octanol–water partition coefficient (Wildman–Crippen LogP) is 4.17. The quantitative estimate of drug-likeness (QED) is 0.647. The number of hydrogen-bond acceptors (Lipinski definition) is 3. The van der Waals surface area contributed by atoms with E-state index in [1.807, 2.05) is 13.0 Å². The zero-order valence-corrected chi connectivity index (χ0v) is 10.4. The summed E-state index contributed by atoms with van der Waals surface area (Å²) in [4.78, 5) is 13.8. The van der Waals surface area contributed by atoms with Crippen LogP contribution < -0.4 is 0 Å². The molecule has 0 fully saturated rings. The monoisotopic (exact) mass is 260 g/mol. The second-order valence-corrected chi connectivity index (χ2v) is 5.32. The Hall–Kier alpha value is -1.94. The fourth-order valence-corrected chi connectivity index (χ4v) is 2.62. The maximum Gasteiger partial charge on any atom is 0.238 e. The first-order valence-corrected chi connectivity index (χ1v) is 6.25. The Labute approximate surface area is 107 Å².